The molecule has 0 heterocycles. The van der Waals surface area contributed by atoms with Gasteiger partial charge >= 0.3 is 0 Å². The van der Waals surface area contributed by atoms with E-state index in [0.29, 0.717) is 19.4 Å². The molecule has 1 amide bonds. The van der Waals surface area contributed by atoms with E-state index in [1.807, 2.05) is 13.8 Å². The van der Waals surface area contributed by atoms with Crippen molar-refractivity contribution < 1.29 is 9.90 Å². The third-order valence-corrected chi connectivity index (χ3v) is 1.62. The van der Waals surface area contributed by atoms with Crippen LogP contribution >= 0.6 is 0 Å². The molecule has 0 fully saturated rings. The molecule has 66 valence electrons. The molecule has 0 bridgehead atoms. The van der Waals surface area contributed by atoms with Gasteiger partial charge in [0.05, 0.1) is 0 Å². The van der Waals surface area contributed by atoms with Crippen molar-refractivity contribution in [3.05, 3.63) is 0 Å². The Bertz CT molecular complexity index is 115. The third kappa shape index (κ3) is 3.98. The molecule has 1 N–H and O–H groups in total. The summed E-state index contributed by atoms with van der Waals surface area (Å²) in [4.78, 5) is 12.9. The molecule has 0 aromatic rings. The smallest absolute Gasteiger partial charge is 0.222 e. The number of aliphatic hydroxyl groups is 1. The van der Waals surface area contributed by atoms with E-state index < -0.39 is 0 Å². The Labute approximate surface area is 68.0 Å². The van der Waals surface area contributed by atoms with E-state index in [0.717, 1.165) is 6.54 Å². The van der Waals surface area contributed by atoms with Crippen LogP contribution in [0.25, 0.3) is 0 Å². The summed E-state index contributed by atoms with van der Waals surface area (Å²) in [5.74, 6) is 0.168. The molecule has 0 saturated carbocycles. The van der Waals surface area contributed by atoms with Gasteiger partial charge in [0.15, 0.2) is 0 Å². The summed E-state index contributed by atoms with van der Waals surface area (Å²) in [6.07, 6.45) is 1.23. The minimum absolute atomic E-state index is 0.160. The highest BCUT2D eigenvalue weighted by atomic mass is 16.3. The molecule has 0 radical (unpaired) electrons. The molecular formula is C8H17NO2. The zero-order valence-electron chi connectivity index (χ0n) is 7.34. The van der Waals surface area contributed by atoms with Gasteiger partial charge in [0.25, 0.3) is 0 Å². The number of amides is 1. The van der Waals surface area contributed by atoms with Crippen molar-refractivity contribution in [1.29, 1.82) is 0 Å². The molecule has 3 heteroatoms. The first kappa shape index (κ1) is 10.4. The zero-order chi connectivity index (χ0) is 8.69. The van der Waals surface area contributed by atoms with E-state index >= 15 is 0 Å². The summed E-state index contributed by atoms with van der Waals surface area (Å²) >= 11 is 0. The maximum absolute atomic E-state index is 11.1. The Morgan fingerprint density at radius 1 is 1.45 bits per heavy atom. The van der Waals surface area contributed by atoms with Gasteiger partial charge in [-0.2, -0.15) is 0 Å². The van der Waals surface area contributed by atoms with Crippen molar-refractivity contribution in [2.24, 2.45) is 0 Å². The highest BCUT2D eigenvalue weighted by Gasteiger charge is 2.06. The lowest BCUT2D eigenvalue weighted by atomic mass is 10.3. The summed E-state index contributed by atoms with van der Waals surface area (Å²) in [5, 5.41) is 8.53. The van der Waals surface area contributed by atoms with Crippen LogP contribution in [0.2, 0.25) is 0 Å². The molecule has 0 spiro atoms. The average Bonchev–Trinajstić information content (AvgIpc) is 2.05. The number of hydrogen-bond acceptors (Lipinski definition) is 2. The standard InChI is InChI=1S/C8H17NO2/c1-3-8(11)9(4-2)6-5-7-10/h10H,3-7H2,1-2H3. The molecular weight excluding hydrogens is 142 g/mol. The summed E-state index contributed by atoms with van der Waals surface area (Å²) in [7, 11) is 0. The fourth-order valence-electron chi connectivity index (χ4n) is 0.944. The number of aliphatic hydroxyl groups excluding tert-OH is 1. The van der Waals surface area contributed by atoms with Crippen LogP contribution in [0, 0.1) is 0 Å². The van der Waals surface area contributed by atoms with Crippen molar-refractivity contribution in [3.8, 4) is 0 Å². The minimum Gasteiger partial charge on any atom is -0.396 e. The van der Waals surface area contributed by atoms with E-state index in [-0.39, 0.29) is 12.5 Å². The van der Waals surface area contributed by atoms with E-state index in [4.69, 9.17) is 5.11 Å². The van der Waals surface area contributed by atoms with E-state index in [1.165, 1.54) is 0 Å². The van der Waals surface area contributed by atoms with Crippen molar-refractivity contribution in [3.63, 3.8) is 0 Å². The van der Waals surface area contributed by atoms with E-state index in [1.54, 1.807) is 4.90 Å². The second-order valence-electron chi connectivity index (χ2n) is 2.40. The van der Waals surface area contributed by atoms with Crippen LogP contribution in [0.4, 0.5) is 0 Å². The molecule has 0 unspecified atom stereocenters. The van der Waals surface area contributed by atoms with Gasteiger partial charge in [0, 0.05) is 26.1 Å². The Balaban J connectivity index is 3.65. The Morgan fingerprint density at radius 2 is 2.09 bits per heavy atom. The summed E-state index contributed by atoms with van der Waals surface area (Å²) in [6, 6.07) is 0. The van der Waals surface area contributed by atoms with Crippen molar-refractivity contribution >= 4 is 5.91 Å². The summed E-state index contributed by atoms with van der Waals surface area (Å²) in [6.45, 7) is 5.38. The second kappa shape index (κ2) is 6.16. The van der Waals surface area contributed by atoms with Crippen LogP contribution in [0.15, 0.2) is 0 Å². The van der Waals surface area contributed by atoms with Gasteiger partial charge in [0.2, 0.25) is 5.91 Å². The van der Waals surface area contributed by atoms with Crippen LogP contribution < -0.4 is 0 Å². The van der Waals surface area contributed by atoms with E-state index in [2.05, 4.69) is 0 Å². The number of nitrogens with zero attached hydrogens (tertiary/aromatic N) is 1. The fraction of sp³-hybridized carbons (Fsp3) is 0.875. The van der Waals surface area contributed by atoms with E-state index in [9.17, 15) is 4.79 Å². The molecule has 0 atom stereocenters. The highest BCUT2D eigenvalue weighted by Crippen LogP contribution is 1.94. The zero-order valence-corrected chi connectivity index (χ0v) is 7.34. The first-order valence-electron chi connectivity index (χ1n) is 4.14. The highest BCUT2D eigenvalue weighted by molar-refractivity contribution is 5.75. The molecule has 0 aliphatic carbocycles. The normalized spacial score (nSPS) is 9.73. The van der Waals surface area contributed by atoms with Crippen LogP contribution in [0.5, 0.6) is 0 Å². The van der Waals surface area contributed by atoms with Gasteiger partial charge in [-0.3, -0.25) is 4.79 Å². The quantitative estimate of drug-likeness (QED) is 0.639. The van der Waals surface area contributed by atoms with Gasteiger partial charge in [0.1, 0.15) is 0 Å². The molecule has 3 nitrogen and oxygen atoms in total. The predicted molar refractivity (Wildman–Crippen MR) is 44.2 cm³/mol. The molecule has 0 aromatic heterocycles. The first-order valence-corrected chi connectivity index (χ1v) is 4.14. The largest absolute Gasteiger partial charge is 0.396 e. The Morgan fingerprint density at radius 3 is 2.45 bits per heavy atom. The third-order valence-electron chi connectivity index (χ3n) is 1.62. The van der Waals surface area contributed by atoms with Crippen LogP contribution in [0.3, 0.4) is 0 Å². The van der Waals surface area contributed by atoms with Gasteiger partial charge in [-0.05, 0) is 13.3 Å². The monoisotopic (exact) mass is 159 g/mol. The number of hydrogen-bond donors (Lipinski definition) is 1. The molecule has 0 saturated heterocycles. The van der Waals surface area contributed by atoms with Gasteiger partial charge < -0.3 is 10.0 Å². The lowest BCUT2D eigenvalue weighted by Crippen LogP contribution is -2.31. The number of carbonyl (C=O) groups excluding carboxylic acids is 1. The Kier molecular flexibility index (Phi) is 5.84. The van der Waals surface area contributed by atoms with Gasteiger partial charge in [-0.15, -0.1) is 0 Å². The van der Waals surface area contributed by atoms with Crippen LogP contribution in [-0.2, 0) is 4.79 Å². The molecule has 0 aromatic carbocycles. The maximum atomic E-state index is 11.1. The second-order valence-corrected chi connectivity index (χ2v) is 2.40. The molecule has 11 heavy (non-hydrogen) atoms. The van der Waals surface area contributed by atoms with Crippen LogP contribution in [-0.4, -0.2) is 35.6 Å². The summed E-state index contributed by atoms with van der Waals surface area (Å²) < 4.78 is 0. The lowest BCUT2D eigenvalue weighted by molar-refractivity contribution is -0.130. The van der Waals surface area contributed by atoms with Gasteiger partial charge in [-0.1, -0.05) is 6.92 Å². The Hall–Kier alpha value is -0.570. The lowest BCUT2D eigenvalue weighted by Gasteiger charge is -2.19. The minimum atomic E-state index is 0.160. The SMILES string of the molecule is CCC(=O)N(CC)CCCO. The molecule has 0 aliphatic rings. The maximum Gasteiger partial charge on any atom is 0.222 e. The first-order chi connectivity index (χ1) is 5.26. The predicted octanol–water partition coefficient (Wildman–Crippen LogP) is 0.627. The van der Waals surface area contributed by atoms with Gasteiger partial charge in [-0.25, -0.2) is 0 Å². The fourth-order valence-corrected chi connectivity index (χ4v) is 0.944. The average molecular weight is 159 g/mol. The van der Waals surface area contributed by atoms with Crippen molar-refractivity contribution in [2.45, 2.75) is 26.7 Å². The number of rotatable bonds is 5. The van der Waals surface area contributed by atoms with Crippen molar-refractivity contribution in [1.82, 2.24) is 4.90 Å². The van der Waals surface area contributed by atoms with Crippen LogP contribution in [0.1, 0.15) is 26.7 Å². The topological polar surface area (TPSA) is 40.5 Å². The molecule has 0 aliphatic heterocycles. The van der Waals surface area contributed by atoms with Crippen molar-refractivity contribution in [2.75, 3.05) is 19.7 Å². The molecule has 0 rings (SSSR count). The summed E-state index contributed by atoms with van der Waals surface area (Å²) in [5.41, 5.74) is 0. The number of carbonyl (C=O) groups is 1.